The third-order valence-corrected chi connectivity index (χ3v) is 5.38. The van der Waals surface area contributed by atoms with Crippen molar-refractivity contribution in [2.75, 3.05) is 25.2 Å². The van der Waals surface area contributed by atoms with Crippen molar-refractivity contribution in [3.8, 4) is 0 Å². The van der Waals surface area contributed by atoms with Crippen molar-refractivity contribution >= 4 is 47.2 Å². The molecule has 2 amide bonds. The fourth-order valence-electron chi connectivity index (χ4n) is 2.80. The van der Waals surface area contributed by atoms with Crippen molar-refractivity contribution < 1.29 is 38.4 Å². The molecule has 1 aromatic rings. The Kier molecular flexibility index (Phi) is 5.91. The van der Waals surface area contributed by atoms with E-state index in [0.717, 1.165) is 4.90 Å². The molecule has 30 heavy (non-hydrogen) atoms. The number of aliphatic carboxylic acids is 1. The van der Waals surface area contributed by atoms with Gasteiger partial charge in [0.15, 0.2) is 0 Å². The van der Waals surface area contributed by atoms with Crippen molar-refractivity contribution in [1.82, 2.24) is 20.4 Å². The van der Waals surface area contributed by atoms with Crippen LogP contribution in [0.4, 0.5) is 6.01 Å². The van der Waals surface area contributed by atoms with Gasteiger partial charge >= 0.3 is 18.0 Å². The number of esters is 1. The van der Waals surface area contributed by atoms with Crippen LogP contribution < -0.4 is 11.1 Å². The molecule has 2 aliphatic heterocycles. The SMILES string of the molecule is CO/N=C(/C(=O)NC1C(=O)N2C(C(=O)O)=C(COC(C)=O)CSC12)c1noc(N)n1. The van der Waals surface area contributed by atoms with Gasteiger partial charge in [0.1, 0.15) is 30.8 Å². The smallest absolute Gasteiger partial charge is 0.352 e. The van der Waals surface area contributed by atoms with Crippen molar-refractivity contribution in [2.24, 2.45) is 5.16 Å². The molecule has 2 atom stereocenters. The molecular weight excluding hydrogens is 424 g/mol. The number of nitrogens with one attached hydrogen (secondary N) is 1. The summed E-state index contributed by atoms with van der Waals surface area (Å²) in [5, 5.41) is 18.3. The summed E-state index contributed by atoms with van der Waals surface area (Å²) in [6.45, 7) is 0.942. The highest BCUT2D eigenvalue weighted by Gasteiger charge is 2.54. The number of hydrogen-bond donors (Lipinski definition) is 3. The van der Waals surface area contributed by atoms with Gasteiger partial charge in [0.05, 0.1) is 0 Å². The van der Waals surface area contributed by atoms with Gasteiger partial charge in [-0.3, -0.25) is 19.3 Å². The van der Waals surface area contributed by atoms with E-state index in [1.807, 2.05) is 0 Å². The topological polar surface area (TPSA) is 200 Å². The molecular formula is C15H16N6O8S. The monoisotopic (exact) mass is 440 g/mol. The maximum atomic E-state index is 12.6. The molecule has 0 saturated carbocycles. The second-order valence-electron chi connectivity index (χ2n) is 5.98. The van der Waals surface area contributed by atoms with Crippen molar-refractivity contribution in [2.45, 2.75) is 18.3 Å². The lowest BCUT2D eigenvalue weighted by Gasteiger charge is -2.49. The first-order valence-electron chi connectivity index (χ1n) is 8.29. The number of fused-ring (bicyclic) bond motifs is 1. The first-order chi connectivity index (χ1) is 14.2. The highest BCUT2D eigenvalue weighted by atomic mass is 32.2. The lowest BCUT2D eigenvalue weighted by molar-refractivity contribution is -0.150. The molecule has 3 heterocycles. The molecule has 2 aliphatic rings. The fourth-order valence-corrected chi connectivity index (χ4v) is 4.13. The summed E-state index contributed by atoms with van der Waals surface area (Å²) in [6, 6.07) is -1.33. The number of thioether (sulfide) groups is 1. The van der Waals surface area contributed by atoms with Crippen LogP contribution in [0.25, 0.3) is 0 Å². The van der Waals surface area contributed by atoms with Crippen LogP contribution in [0.2, 0.25) is 0 Å². The Morgan fingerprint density at radius 2 is 2.20 bits per heavy atom. The first kappa shape index (κ1) is 21.1. The molecule has 1 aromatic heterocycles. The predicted molar refractivity (Wildman–Crippen MR) is 98.6 cm³/mol. The molecule has 15 heteroatoms. The van der Waals surface area contributed by atoms with Crippen LogP contribution in [-0.4, -0.2) is 80.5 Å². The number of hydrogen-bond acceptors (Lipinski definition) is 12. The average molecular weight is 440 g/mol. The van der Waals surface area contributed by atoms with Crippen LogP contribution in [0.3, 0.4) is 0 Å². The number of aromatic nitrogens is 2. The number of anilines is 1. The van der Waals surface area contributed by atoms with Gasteiger partial charge in [0.2, 0.25) is 11.5 Å². The summed E-state index contributed by atoms with van der Waals surface area (Å²) in [5.41, 5.74) is 4.96. The van der Waals surface area contributed by atoms with Gasteiger partial charge in [-0.15, -0.1) is 11.8 Å². The third kappa shape index (κ3) is 3.91. The van der Waals surface area contributed by atoms with E-state index in [0.29, 0.717) is 0 Å². The summed E-state index contributed by atoms with van der Waals surface area (Å²) < 4.78 is 9.46. The lowest BCUT2D eigenvalue weighted by atomic mass is 10.0. The fraction of sp³-hybridized carbons (Fsp3) is 0.400. The van der Waals surface area contributed by atoms with Crippen LogP contribution in [0.1, 0.15) is 12.7 Å². The number of carbonyl (C=O) groups is 4. The lowest BCUT2D eigenvalue weighted by Crippen LogP contribution is -2.71. The molecule has 4 N–H and O–H groups in total. The average Bonchev–Trinajstić information content (AvgIpc) is 3.13. The van der Waals surface area contributed by atoms with E-state index in [4.69, 9.17) is 10.5 Å². The zero-order valence-corrected chi connectivity index (χ0v) is 16.5. The number of carbonyl (C=O) groups excluding carboxylic acids is 3. The Hall–Kier alpha value is -3.62. The van der Waals surface area contributed by atoms with Gasteiger partial charge < -0.3 is 30.3 Å². The van der Waals surface area contributed by atoms with Gasteiger partial charge in [-0.2, -0.15) is 4.98 Å². The number of rotatable bonds is 7. The van der Waals surface area contributed by atoms with Gasteiger partial charge in [-0.25, -0.2) is 4.79 Å². The number of amides is 2. The van der Waals surface area contributed by atoms with Gasteiger partial charge in [-0.1, -0.05) is 10.3 Å². The first-order valence-corrected chi connectivity index (χ1v) is 9.34. The van der Waals surface area contributed by atoms with E-state index < -0.39 is 35.2 Å². The largest absolute Gasteiger partial charge is 0.477 e. The normalized spacial score (nSPS) is 20.9. The van der Waals surface area contributed by atoms with Gasteiger partial charge in [0, 0.05) is 18.2 Å². The maximum Gasteiger partial charge on any atom is 0.352 e. The minimum Gasteiger partial charge on any atom is -0.477 e. The number of β-lactam (4-membered cyclic amide) rings is 1. The molecule has 0 radical (unpaired) electrons. The Morgan fingerprint density at radius 1 is 1.47 bits per heavy atom. The quantitative estimate of drug-likeness (QED) is 0.188. The van der Waals surface area contributed by atoms with Crippen LogP contribution in [0, 0.1) is 0 Å². The van der Waals surface area contributed by atoms with Crippen LogP contribution in [-0.2, 0) is 28.8 Å². The molecule has 0 aliphatic carbocycles. The maximum absolute atomic E-state index is 12.6. The number of carboxylic acids is 1. The van der Waals surface area contributed by atoms with E-state index in [1.165, 1.54) is 25.8 Å². The highest BCUT2D eigenvalue weighted by Crippen LogP contribution is 2.40. The molecule has 3 rings (SSSR count). The van der Waals surface area contributed by atoms with Gasteiger partial charge in [-0.05, 0) is 0 Å². The molecule has 0 bridgehead atoms. The summed E-state index contributed by atoms with van der Waals surface area (Å²) in [6.07, 6.45) is 0. The number of nitrogens with zero attached hydrogens (tertiary/aromatic N) is 4. The van der Waals surface area contributed by atoms with E-state index in [9.17, 15) is 24.3 Å². The van der Waals surface area contributed by atoms with E-state index in [1.54, 1.807) is 0 Å². The molecule has 1 saturated heterocycles. The molecule has 1 fully saturated rings. The molecule has 160 valence electrons. The zero-order chi connectivity index (χ0) is 22.0. The third-order valence-electron chi connectivity index (χ3n) is 4.04. The predicted octanol–water partition coefficient (Wildman–Crippen LogP) is -1.70. The summed E-state index contributed by atoms with van der Waals surface area (Å²) >= 11 is 1.21. The minimum absolute atomic E-state index is 0.191. The van der Waals surface area contributed by atoms with Crippen LogP contribution in [0.5, 0.6) is 0 Å². The van der Waals surface area contributed by atoms with Gasteiger partial charge in [0.25, 0.3) is 11.8 Å². The summed E-state index contributed by atoms with van der Waals surface area (Å²) in [4.78, 5) is 57.2. The molecule has 14 nitrogen and oxygen atoms in total. The minimum atomic E-state index is -1.34. The standard InChI is InChI=1S/C15H16N6O8S/c1-5(22)28-3-6-4-30-13-8(12(24)21(13)9(6)14(25)26)17-11(23)7(19-27-2)10-18-15(16)29-20-10/h8,13H,3-4H2,1-2H3,(H,17,23)(H,25,26)(H2,16,18,20)/b19-7+. The Bertz CT molecular complexity index is 972. The van der Waals surface area contributed by atoms with E-state index >= 15 is 0 Å². The Balaban J connectivity index is 1.77. The summed E-state index contributed by atoms with van der Waals surface area (Å²) in [7, 11) is 1.19. The van der Waals surface area contributed by atoms with Crippen molar-refractivity contribution in [1.29, 1.82) is 0 Å². The number of ether oxygens (including phenoxy) is 1. The van der Waals surface area contributed by atoms with E-state index in [2.05, 4.69) is 30.0 Å². The van der Waals surface area contributed by atoms with Crippen molar-refractivity contribution in [3.63, 3.8) is 0 Å². The van der Waals surface area contributed by atoms with Crippen LogP contribution in [0.15, 0.2) is 20.9 Å². The van der Waals surface area contributed by atoms with Crippen LogP contribution >= 0.6 is 11.8 Å². The Morgan fingerprint density at radius 3 is 2.77 bits per heavy atom. The van der Waals surface area contributed by atoms with E-state index in [-0.39, 0.29) is 41.2 Å². The summed E-state index contributed by atoms with van der Waals surface area (Å²) in [5.74, 6) is -3.47. The van der Waals surface area contributed by atoms with Crippen molar-refractivity contribution in [3.05, 3.63) is 17.1 Å². The highest BCUT2D eigenvalue weighted by molar-refractivity contribution is 8.00. The second-order valence-corrected chi connectivity index (χ2v) is 7.08. The number of oxime groups is 1. The number of nitrogens with two attached hydrogens (primary N) is 1. The number of carboxylic acid groups (broad SMARTS) is 1. The molecule has 0 aromatic carbocycles. The second kappa shape index (κ2) is 8.40. The number of nitrogen functional groups attached to an aromatic ring is 1. The molecule has 0 spiro atoms. The zero-order valence-electron chi connectivity index (χ0n) is 15.6. The molecule has 2 unspecified atom stereocenters. The Labute approximate surface area is 172 Å².